The molecule has 0 fully saturated rings. The van der Waals surface area contributed by atoms with Gasteiger partial charge >= 0.3 is 0 Å². The van der Waals surface area contributed by atoms with Crippen LogP contribution in [0.1, 0.15) is 11.7 Å². The maximum absolute atomic E-state index is 9.61. The molecule has 2 unspecified atom stereocenters. The molecule has 0 aromatic heterocycles. The largest absolute Gasteiger partial charge is 0.497 e. The number of hydrogen-bond donors (Lipinski definition) is 4. The average Bonchev–Trinajstić information content (AvgIpc) is 2.26. The lowest BCUT2D eigenvalue weighted by atomic mass is 10.0. The third-order valence-electron chi connectivity index (χ3n) is 2.08. The molecule has 0 amide bonds. The molecule has 0 radical (unpaired) electrons. The minimum atomic E-state index is -1.23. The Labute approximate surface area is 87.7 Å². The Morgan fingerprint density at radius 2 is 2.00 bits per heavy atom. The van der Waals surface area contributed by atoms with Crippen molar-refractivity contribution in [2.24, 2.45) is 0 Å². The van der Waals surface area contributed by atoms with Crippen molar-refractivity contribution < 1.29 is 20.1 Å². The van der Waals surface area contributed by atoms with Crippen molar-refractivity contribution >= 4 is 5.69 Å². The Balaban J connectivity index is 2.97. The van der Waals surface area contributed by atoms with Crippen LogP contribution in [0.25, 0.3) is 0 Å². The standard InChI is InChI=1S/C10H15NO4/c1-15-8-3-6(2-7(11)4-8)10(14)9(13)5-12/h2-4,9-10,12-14H,5,11H2,1H3. The van der Waals surface area contributed by atoms with Gasteiger partial charge < -0.3 is 25.8 Å². The number of hydrogen-bond acceptors (Lipinski definition) is 5. The van der Waals surface area contributed by atoms with Crippen LogP contribution in [0.4, 0.5) is 5.69 Å². The van der Waals surface area contributed by atoms with Gasteiger partial charge in [-0.1, -0.05) is 0 Å². The monoisotopic (exact) mass is 213 g/mol. The number of benzene rings is 1. The van der Waals surface area contributed by atoms with E-state index in [2.05, 4.69) is 0 Å². The maximum atomic E-state index is 9.61. The first kappa shape index (κ1) is 11.8. The van der Waals surface area contributed by atoms with Crippen molar-refractivity contribution in [1.29, 1.82) is 0 Å². The zero-order valence-electron chi connectivity index (χ0n) is 8.42. The second-order valence-corrected chi connectivity index (χ2v) is 3.23. The summed E-state index contributed by atoms with van der Waals surface area (Å²) in [6.07, 6.45) is -2.40. The minimum Gasteiger partial charge on any atom is -0.497 e. The molecule has 84 valence electrons. The summed E-state index contributed by atoms with van der Waals surface area (Å²) in [7, 11) is 1.48. The molecule has 5 heteroatoms. The van der Waals surface area contributed by atoms with Crippen molar-refractivity contribution in [3.8, 4) is 5.75 Å². The molecule has 0 aliphatic heterocycles. The molecule has 0 aliphatic carbocycles. The third-order valence-corrected chi connectivity index (χ3v) is 2.08. The summed E-state index contributed by atoms with van der Waals surface area (Å²) in [5, 5.41) is 27.6. The first-order valence-electron chi connectivity index (χ1n) is 4.50. The molecular formula is C10H15NO4. The molecule has 0 aliphatic rings. The summed E-state index contributed by atoms with van der Waals surface area (Å²) >= 11 is 0. The van der Waals surface area contributed by atoms with Gasteiger partial charge in [0, 0.05) is 11.8 Å². The Morgan fingerprint density at radius 3 is 2.53 bits per heavy atom. The van der Waals surface area contributed by atoms with E-state index in [4.69, 9.17) is 15.6 Å². The van der Waals surface area contributed by atoms with Crippen LogP contribution < -0.4 is 10.5 Å². The zero-order valence-corrected chi connectivity index (χ0v) is 8.42. The van der Waals surface area contributed by atoms with Gasteiger partial charge in [0.25, 0.3) is 0 Å². The van der Waals surface area contributed by atoms with E-state index in [1.54, 1.807) is 12.1 Å². The SMILES string of the molecule is COc1cc(N)cc(C(O)C(O)CO)c1. The van der Waals surface area contributed by atoms with Crippen LogP contribution in [0.3, 0.4) is 0 Å². The predicted octanol–water partition coefficient (Wildman–Crippen LogP) is -0.336. The smallest absolute Gasteiger partial charge is 0.121 e. The lowest BCUT2D eigenvalue weighted by Crippen LogP contribution is -2.22. The van der Waals surface area contributed by atoms with Gasteiger partial charge in [-0.25, -0.2) is 0 Å². The number of ether oxygens (including phenoxy) is 1. The summed E-state index contributed by atoms with van der Waals surface area (Å²) in [6.45, 7) is -0.516. The van der Waals surface area contributed by atoms with E-state index in [0.717, 1.165) is 0 Å². The molecule has 5 nitrogen and oxygen atoms in total. The fourth-order valence-corrected chi connectivity index (χ4v) is 1.26. The van der Waals surface area contributed by atoms with E-state index in [0.29, 0.717) is 17.0 Å². The van der Waals surface area contributed by atoms with Gasteiger partial charge in [-0.05, 0) is 17.7 Å². The molecule has 0 spiro atoms. The molecule has 0 saturated heterocycles. The molecule has 0 heterocycles. The van der Waals surface area contributed by atoms with Crippen LogP contribution >= 0.6 is 0 Å². The van der Waals surface area contributed by atoms with Gasteiger partial charge in [-0.3, -0.25) is 0 Å². The molecule has 1 aromatic carbocycles. The fraction of sp³-hybridized carbons (Fsp3) is 0.400. The topological polar surface area (TPSA) is 95.9 Å². The molecule has 5 N–H and O–H groups in total. The van der Waals surface area contributed by atoms with E-state index in [9.17, 15) is 10.2 Å². The number of anilines is 1. The molecule has 2 atom stereocenters. The summed E-state index contributed by atoms with van der Waals surface area (Å²) in [6, 6.07) is 4.67. The van der Waals surface area contributed by atoms with Crippen LogP contribution in [0.2, 0.25) is 0 Å². The van der Waals surface area contributed by atoms with E-state index in [1.165, 1.54) is 13.2 Å². The summed E-state index contributed by atoms with van der Waals surface area (Å²) in [5.41, 5.74) is 6.41. The molecular weight excluding hydrogens is 198 g/mol. The highest BCUT2D eigenvalue weighted by molar-refractivity contribution is 5.48. The van der Waals surface area contributed by atoms with Gasteiger partial charge in [0.1, 0.15) is 18.0 Å². The molecule has 0 saturated carbocycles. The Kier molecular flexibility index (Phi) is 3.90. The van der Waals surface area contributed by atoms with E-state index >= 15 is 0 Å². The van der Waals surface area contributed by atoms with Crippen LogP contribution in [0, 0.1) is 0 Å². The number of nitrogens with two attached hydrogens (primary N) is 1. The zero-order chi connectivity index (χ0) is 11.4. The maximum Gasteiger partial charge on any atom is 0.121 e. The van der Waals surface area contributed by atoms with Crippen molar-refractivity contribution in [2.75, 3.05) is 19.5 Å². The summed E-state index contributed by atoms with van der Waals surface area (Å²) in [5.74, 6) is 0.495. The number of aliphatic hydroxyl groups excluding tert-OH is 3. The fourth-order valence-electron chi connectivity index (χ4n) is 1.26. The van der Waals surface area contributed by atoms with Gasteiger partial charge in [-0.2, -0.15) is 0 Å². The normalized spacial score (nSPS) is 14.7. The third kappa shape index (κ3) is 2.82. The second-order valence-electron chi connectivity index (χ2n) is 3.23. The average molecular weight is 213 g/mol. The lowest BCUT2D eigenvalue weighted by molar-refractivity contribution is -0.0153. The number of rotatable bonds is 4. The minimum absolute atomic E-state index is 0.411. The van der Waals surface area contributed by atoms with Crippen molar-refractivity contribution in [1.82, 2.24) is 0 Å². The molecule has 15 heavy (non-hydrogen) atoms. The highest BCUT2D eigenvalue weighted by Gasteiger charge is 2.18. The van der Waals surface area contributed by atoms with Gasteiger partial charge in [-0.15, -0.1) is 0 Å². The predicted molar refractivity (Wildman–Crippen MR) is 55.5 cm³/mol. The summed E-state index contributed by atoms with van der Waals surface area (Å²) < 4.78 is 4.96. The molecule has 0 bridgehead atoms. The van der Waals surface area contributed by atoms with Crippen LogP contribution in [0.5, 0.6) is 5.75 Å². The second kappa shape index (κ2) is 4.97. The van der Waals surface area contributed by atoms with Crippen molar-refractivity contribution in [2.45, 2.75) is 12.2 Å². The van der Waals surface area contributed by atoms with Gasteiger partial charge in [0.2, 0.25) is 0 Å². The molecule has 1 rings (SSSR count). The quantitative estimate of drug-likeness (QED) is 0.513. The van der Waals surface area contributed by atoms with Gasteiger partial charge in [0.05, 0.1) is 13.7 Å². The van der Waals surface area contributed by atoms with E-state index < -0.39 is 18.8 Å². The number of nitrogen functional groups attached to an aromatic ring is 1. The molecule has 1 aromatic rings. The van der Waals surface area contributed by atoms with Crippen molar-refractivity contribution in [3.63, 3.8) is 0 Å². The van der Waals surface area contributed by atoms with Gasteiger partial charge in [0.15, 0.2) is 0 Å². The van der Waals surface area contributed by atoms with Crippen molar-refractivity contribution in [3.05, 3.63) is 23.8 Å². The first-order valence-corrected chi connectivity index (χ1v) is 4.50. The lowest BCUT2D eigenvalue weighted by Gasteiger charge is -2.17. The highest BCUT2D eigenvalue weighted by atomic mass is 16.5. The Hall–Kier alpha value is -1.30. The number of aliphatic hydroxyl groups is 3. The highest BCUT2D eigenvalue weighted by Crippen LogP contribution is 2.25. The van der Waals surface area contributed by atoms with E-state index in [1.807, 2.05) is 0 Å². The van der Waals surface area contributed by atoms with E-state index in [-0.39, 0.29) is 0 Å². The Morgan fingerprint density at radius 1 is 1.33 bits per heavy atom. The summed E-state index contributed by atoms with van der Waals surface area (Å²) in [4.78, 5) is 0. The first-order chi connectivity index (χ1) is 7.08. The van der Waals surface area contributed by atoms with Crippen LogP contribution in [-0.2, 0) is 0 Å². The number of methoxy groups -OCH3 is 1. The van der Waals surface area contributed by atoms with Crippen LogP contribution in [0.15, 0.2) is 18.2 Å². The Bertz CT molecular complexity index is 329. The van der Waals surface area contributed by atoms with Crippen LogP contribution in [-0.4, -0.2) is 35.1 Å².